The quantitative estimate of drug-likeness (QED) is 0.131. The van der Waals surface area contributed by atoms with Crippen LogP contribution in [0.3, 0.4) is 0 Å². The van der Waals surface area contributed by atoms with Crippen molar-refractivity contribution in [2.45, 2.75) is 70.5 Å². The lowest BCUT2D eigenvalue weighted by Gasteiger charge is -2.21. The van der Waals surface area contributed by atoms with Crippen LogP contribution < -0.4 is 0 Å². The SMILES string of the molecule is CC(C)(C)c1ccc(C(O)c2ccc(C(c3ccc(C(C)(C)C)cc3)c3ccc(C(O)c4ccc(I)cc4)[nH]3)[nH]2)cc1. The van der Waals surface area contributed by atoms with Gasteiger partial charge in [-0.05, 0) is 97.6 Å². The van der Waals surface area contributed by atoms with E-state index in [0.717, 1.165) is 43.0 Å². The van der Waals surface area contributed by atoms with Crippen molar-refractivity contribution in [1.82, 2.24) is 9.97 Å². The van der Waals surface area contributed by atoms with Gasteiger partial charge in [-0.2, -0.15) is 0 Å². The molecule has 3 atom stereocenters. The Bertz CT molecular complexity index is 1620. The second-order valence-electron chi connectivity index (χ2n) is 13.3. The van der Waals surface area contributed by atoms with Crippen molar-refractivity contribution in [3.63, 3.8) is 0 Å². The van der Waals surface area contributed by atoms with Gasteiger partial charge in [-0.1, -0.05) is 102 Å². The molecule has 3 aromatic carbocycles. The molecule has 5 aromatic rings. The highest BCUT2D eigenvalue weighted by Gasteiger charge is 2.25. The Labute approximate surface area is 263 Å². The number of nitrogens with one attached hydrogen (secondary N) is 2. The van der Waals surface area contributed by atoms with Crippen LogP contribution in [0.1, 0.15) is 110 Å². The van der Waals surface area contributed by atoms with Crippen LogP contribution in [0.25, 0.3) is 0 Å². The second kappa shape index (κ2) is 11.9. The van der Waals surface area contributed by atoms with E-state index < -0.39 is 12.2 Å². The van der Waals surface area contributed by atoms with Crippen LogP contribution in [0.15, 0.2) is 97.1 Å². The van der Waals surface area contributed by atoms with E-state index in [1.54, 1.807) is 0 Å². The lowest BCUT2D eigenvalue weighted by Crippen LogP contribution is -2.12. The normalized spacial score (nSPS) is 14.5. The molecule has 0 spiro atoms. The summed E-state index contributed by atoms with van der Waals surface area (Å²) in [5.74, 6) is -0.138. The highest BCUT2D eigenvalue weighted by Crippen LogP contribution is 2.36. The average molecular weight is 673 g/mol. The summed E-state index contributed by atoms with van der Waals surface area (Å²) in [5.41, 5.74) is 8.86. The van der Waals surface area contributed by atoms with Crippen LogP contribution in [0, 0.1) is 3.57 Å². The molecular formula is C37H41IN2O2. The summed E-state index contributed by atoms with van der Waals surface area (Å²) < 4.78 is 1.13. The van der Waals surface area contributed by atoms with E-state index in [4.69, 9.17) is 0 Å². The van der Waals surface area contributed by atoms with Gasteiger partial charge in [0.2, 0.25) is 0 Å². The minimum atomic E-state index is -0.765. The molecule has 42 heavy (non-hydrogen) atoms. The van der Waals surface area contributed by atoms with E-state index in [0.29, 0.717) is 0 Å². The zero-order valence-electron chi connectivity index (χ0n) is 25.2. The summed E-state index contributed by atoms with van der Waals surface area (Å²) in [5, 5.41) is 22.4. The molecule has 0 radical (unpaired) electrons. The number of H-pyrrole nitrogens is 2. The van der Waals surface area contributed by atoms with Crippen LogP contribution in [-0.2, 0) is 10.8 Å². The maximum Gasteiger partial charge on any atom is 0.119 e. The minimum absolute atomic E-state index is 0.0531. The first-order valence-corrected chi connectivity index (χ1v) is 15.6. The molecule has 0 aliphatic rings. The Hall–Kier alpha value is -3.13. The van der Waals surface area contributed by atoms with Crippen molar-refractivity contribution >= 4 is 22.6 Å². The first-order chi connectivity index (χ1) is 19.8. The molecule has 4 N–H and O–H groups in total. The third-order valence-electron chi connectivity index (χ3n) is 8.06. The van der Waals surface area contributed by atoms with E-state index in [1.165, 1.54) is 11.1 Å². The monoisotopic (exact) mass is 672 g/mol. The van der Waals surface area contributed by atoms with Crippen molar-refractivity contribution in [3.05, 3.63) is 151 Å². The Morgan fingerprint density at radius 1 is 0.476 bits per heavy atom. The van der Waals surface area contributed by atoms with Gasteiger partial charge in [-0.25, -0.2) is 0 Å². The number of rotatable bonds is 7. The Balaban J connectivity index is 1.50. The van der Waals surface area contributed by atoms with E-state index in [9.17, 15) is 10.2 Å². The Morgan fingerprint density at radius 3 is 1.19 bits per heavy atom. The van der Waals surface area contributed by atoms with Gasteiger partial charge in [0.1, 0.15) is 12.2 Å². The van der Waals surface area contributed by atoms with E-state index in [1.807, 2.05) is 48.5 Å². The molecule has 3 unspecified atom stereocenters. The number of hydrogen-bond acceptors (Lipinski definition) is 2. The first-order valence-electron chi connectivity index (χ1n) is 14.5. The first kappa shape index (κ1) is 30.3. The third-order valence-corrected chi connectivity index (χ3v) is 8.78. The number of aromatic nitrogens is 2. The van der Waals surface area contributed by atoms with Gasteiger partial charge in [0.25, 0.3) is 0 Å². The fourth-order valence-electron chi connectivity index (χ4n) is 5.39. The van der Waals surface area contributed by atoms with Gasteiger partial charge in [-0.3, -0.25) is 0 Å². The van der Waals surface area contributed by atoms with Crippen molar-refractivity contribution in [2.75, 3.05) is 0 Å². The second-order valence-corrected chi connectivity index (χ2v) is 14.5. The summed E-state index contributed by atoms with van der Waals surface area (Å²) in [6, 6.07) is 33.0. The summed E-state index contributed by atoms with van der Waals surface area (Å²) in [6.07, 6.45) is -1.52. The molecule has 4 nitrogen and oxygen atoms in total. The molecule has 2 aromatic heterocycles. The highest BCUT2D eigenvalue weighted by molar-refractivity contribution is 14.1. The molecular weight excluding hydrogens is 631 g/mol. The Morgan fingerprint density at radius 2 is 0.810 bits per heavy atom. The highest BCUT2D eigenvalue weighted by atomic mass is 127. The van der Waals surface area contributed by atoms with Crippen molar-refractivity contribution in [3.8, 4) is 0 Å². The minimum Gasteiger partial charge on any atom is -0.382 e. The van der Waals surface area contributed by atoms with Crippen LogP contribution in [0.5, 0.6) is 0 Å². The maximum absolute atomic E-state index is 11.3. The van der Waals surface area contributed by atoms with Crippen molar-refractivity contribution in [1.29, 1.82) is 0 Å². The molecule has 0 saturated heterocycles. The number of hydrogen-bond donors (Lipinski definition) is 4. The zero-order valence-corrected chi connectivity index (χ0v) is 27.4. The van der Waals surface area contributed by atoms with Crippen molar-refractivity contribution in [2.24, 2.45) is 0 Å². The standard InChI is InChI=1S/C37H41IN2O2/c1-36(2,3)26-13-7-23(8-14-26)33(30-20-22-32(40-30)35(42)25-11-17-28(38)18-12-25)29-19-21-31(39-29)34(41)24-9-15-27(16-10-24)37(4,5)6/h7-22,33-35,39-42H,1-6H3. The molecule has 218 valence electrons. The number of benzene rings is 3. The van der Waals surface area contributed by atoms with Gasteiger partial charge < -0.3 is 20.2 Å². The molecule has 0 amide bonds. The lowest BCUT2D eigenvalue weighted by atomic mass is 9.84. The predicted octanol–water partition coefficient (Wildman–Crippen LogP) is 8.89. The topological polar surface area (TPSA) is 72.0 Å². The zero-order chi connectivity index (χ0) is 30.2. The summed E-state index contributed by atoms with van der Waals surface area (Å²) in [7, 11) is 0. The van der Waals surface area contributed by atoms with Crippen LogP contribution in [0.2, 0.25) is 0 Å². The third kappa shape index (κ3) is 6.59. The Kier molecular flexibility index (Phi) is 8.57. The molecule has 0 saturated carbocycles. The van der Waals surface area contributed by atoms with Crippen LogP contribution in [0.4, 0.5) is 0 Å². The van der Waals surface area contributed by atoms with Gasteiger partial charge in [0, 0.05) is 26.3 Å². The smallest absolute Gasteiger partial charge is 0.119 e. The number of aliphatic hydroxyl groups is 2. The van der Waals surface area contributed by atoms with Crippen LogP contribution in [-0.4, -0.2) is 20.2 Å². The van der Waals surface area contributed by atoms with E-state index in [2.05, 4.69) is 123 Å². The predicted molar refractivity (Wildman–Crippen MR) is 180 cm³/mol. The molecule has 0 fully saturated rings. The molecule has 0 aliphatic carbocycles. The number of aromatic amines is 2. The summed E-state index contributed by atoms with van der Waals surface area (Å²) >= 11 is 2.27. The average Bonchev–Trinajstić information content (AvgIpc) is 3.63. The fraction of sp³-hybridized carbons (Fsp3) is 0.297. The maximum atomic E-state index is 11.3. The largest absolute Gasteiger partial charge is 0.382 e. The molecule has 0 aliphatic heterocycles. The van der Waals surface area contributed by atoms with Crippen molar-refractivity contribution < 1.29 is 10.2 Å². The van der Waals surface area contributed by atoms with Crippen LogP contribution >= 0.6 is 22.6 Å². The molecule has 5 rings (SSSR count). The number of aliphatic hydroxyl groups excluding tert-OH is 2. The van der Waals surface area contributed by atoms with E-state index >= 15 is 0 Å². The molecule has 2 heterocycles. The van der Waals surface area contributed by atoms with Gasteiger partial charge in [-0.15, -0.1) is 0 Å². The lowest BCUT2D eigenvalue weighted by molar-refractivity contribution is 0.215. The summed E-state index contributed by atoms with van der Waals surface area (Å²) in [6.45, 7) is 13.2. The number of halogens is 1. The van der Waals surface area contributed by atoms with Gasteiger partial charge in [0.15, 0.2) is 0 Å². The fourth-order valence-corrected chi connectivity index (χ4v) is 5.75. The van der Waals surface area contributed by atoms with Gasteiger partial charge in [0.05, 0.1) is 5.92 Å². The van der Waals surface area contributed by atoms with E-state index in [-0.39, 0.29) is 16.7 Å². The summed E-state index contributed by atoms with van der Waals surface area (Å²) in [4.78, 5) is 7.07. The molecule has 0 bridgehead atoms. The van der Waals surface area contributed by atoms with Gasteiger partial charge >= 0.3 is 0 Å². The molecule has 5 heteroatoms.